The highest BCUT2D eigenvalue weighted by Crippen LogP contribution is 2.17. The Balaban J connectivity index is 1.90. The summed E-state index contributed by atoms with van der Waals surface area (Å²) in [6, 6.07) is 7.98. The minimum absolute atomic E-state index is 0.700. The van der Waals surface area contributed by atoms with Crippen molar-refractivity contribution in [1.82, 2.24) is 4.98 Å². The Morgan fingerprint density at radius 3 is 2.65 bits per heavy atom. The topological polar surface area (TPSA) is 34.1 Å². The zero-order valence-electron chi connectivity index (χ0n) is 10.1. The lowest BCUT2D eigenvalue weighted by molar-refractivity contribution is 0.340. The quantitative estimate of drug-likeness (QED) is 0.879. The van der Waals surface area contributed by atoms with Crippen LogP contribution in [0.5, 0.6) is 5.75 Å². The van der Waals surface area contributed by atoms with Gasteiger partial charge in [0.25, 0.3) is 0 Å². The SMILES string of the molecule is CCOc1ccc(NCc2nc(C)cs2)cc1. The molecule has 90 valence electrons. The van der Waals surface area contributed by atoms with Gasteiger partial charge < -0.3 is 10.1 Å². The average molecular weight is 248 g/mol. The molecular weight excluding hydrogens is 232 g/mol. The number of aryl methyl sites for hydroxylation is 1. The Labute approximate surface area is 105 Å². The lowest BCUT2D eigenvalue weighted by Gasteiger charge is -2.06. The van der Waals surface area contributed by atoms with E-state index in [1.165, 1.54) is 0 Å². The third-order valence-corrected chi connectivity index (χ3v) is 3.24. The van der Waals surface area contributed by atoms with Crippen LogP contribution in [0.4, 0.5) is 5.69 Å². The van der Waals surface area contributed by atoms with Gasteiger partial charge in [0.15, 0.2) is 0 Å². The molecule has 0 aliphatic rings. The van der Waals surface area contributed by atoms with Crippen LogP contribution in [0.15, 0.2) is 29.6 Å². The predicted molar refractivity (Wildman–Crippen MR) is 71.8 cm³/mol. The molecule has 1 heterocycles. The number of nitrogens with one attached hydrogen (secondary N) is 1. The van der Waals surface area contributed by atoms with Crippen LogP contribution in [0.2, 0.25) is 0 Å². The molecule has 0 atom stereocenters. The van der Waals surface area contributed by atoms with E-state index in [1.54, 1.807) is 11.3 Å². The average Bonchev–Trinajstić information content (AvgIpc) is 2.75. The Hall–Kier alpha value is -1.55. The molecule has 1 aromatic carbocycles. The number of anilines is 1. The number of rotatable bonds is 5. The van der Waals surface area contributed by atoms with E-state index in [4.69, 9.17) is 4.74 Å². The van der Waals surface area contributed by atoms with Crippen LogP contribution in [-0.4, -0.2) is 11.6 Å². The van der Waals surface area contributed by atoms with Crippen molar-refractivity contribution in [2.45, 2.75) is 20.4 Å². The van der Waals surface area contributed by atoms with E-state index in [9.17, 15) is 0 Å². The zero-order valence-corrected chi connectivity index (χ0v) is 10.9. The molecule has 0 aliphatic carbocycles. The molecule has 0 saturated heterocycles. The molecule has 0 aliphatic heterocycles. The fraction of sp³-hybridized carbons (Fsp3) is 0.308. The normalized spacial score (nSPS) is 10.2. The van der Waals surface area contributed by atoms with Gasteiger partial charge in [-0.25, -0.2) is 4.98 Å². The standard InChI is InChI=1S/C13H16N2OS/c1-3-16-12-6-4-11(5-7-12)14-8-13-15-10(2)9-17-13/h4-7,9,14H,3,8H2,1-2H3. The van der Waals surface area contributed by atoms with Gasteiger partial charge in [-0.3, -0.25) is 0 Å². The third kappa shape index (κ3) is 3.46. The number of ether oxygens (including phenoxy) is 1. The monoisotopic (exact) mass is 248 g/mol. The Morgan fingerprint density at radius 1 is 1.29 bits per heavy atom. The van der Waals surface area contributed by atoms with Gasteiger partial charge in [-0.15, -0.1) is 11.3 Å². The van der Waals surface area contributed by atoms with E-state index in [0.29, 0.717) is 6.61 Å². The fourth-order valence-electron chi connectivity index (χ4n) is 1.50. The molecule has 4 heteroatoms. The molecule has 0 amide bonds. The summed E-state index contributed by atoms with van der Waals surface area (Å²) in [6.07, 6.45) is 0. The predicted octanol–water partition coefficient (Wildman–Crippen LogP) is 3.46. The second kappa shape index (κ2) is 5.68. The summed E-state index contributed by atoms with van der Waals surface area (Å²) in [5.41, 5.74) is 2.17. The van der Waals surface area contributed by atoms with Crippen molar-refractivity contribution in [3.8, 4) is 5.75 Å². The van der Waals surface area contributed by atoms with Crippen LogP contribution >= 0.6 is 11.3 Å². The Kier molecular flexibility index (Phi) is 3.98. The molecule has 0 radical (unpaired) electrons. The van der Waals surface area contributed by atoms with Crippen LogP contribution < -0.4 is 10.1 Å². The molecule has 2 rings (SSSR count). The van der Waals surface area contributed by atoms with E-state index in [0.717, 1.165) is 28.7 Å². The second-order valence-corrected chi connectivity index (χ2v) is 4.64. The first-order valence-electron chi connectivity index (χ1n) is 5.65. The molecule has 1 N–H and O–H groups in total. The molecule has 0 saturated carbocycles. The smallest absolute Gasteiger partial charge is 0.119 e. The van der Waals surface area contributed by atoms with E-state index in [1.807, 2.05) is 38.1 Å². The largest absolute Gasteiger partial charge is 0.494 e. The number of aromatic nitrogens is 1. The maximum atomic E-state index is 5.39. The molecule has 0 fully saturated rings. The lowest BCUT2D eigenvalue weighted by Crippen LogP contribution is -1.99. The van der Waals surface area contributed by atoms with E-state index < -0.39 is 0 Å². The minimum atomic E-state index is 0.700. The summed E-state index contributed by atoms with van der Waals surface area (Å²) >= 11 is 1.68. The summed E-state index contributed by atoms with van der Waals surface area (Å²) in [4.78, 5) is 4.40. The van der Waals surface area contributed by atoms with Gasteiger partial charge in [0.2, 0.25) is 0 Å². The zero-order chi connectivity index (χ0) is 12.1. The first-order chi connectivity index (χ1) is 8.28. The highest BCUT2D eigenvalue weighted by molar-refractivity contribution is 7.09. The maximum Gasteiger partial charge on any atom is 0.119 e. The van der Waals surface area contributed by atoms with Gasteiger partial charge in [0.05, 0.1) is 13.2 Å². The molecular formula is C13H16N2OS. The highest BCUT2D eigenvalue weighted by atomic mass is 32.1. The van der Waals surface area contributed by atoms with Crippen LogP contribution in [0.3, 0.4) is 0 Å². The number of hydrogen-bond donors (Lipinski definition) is 1. The van der Waals surface area contributed by atoms with Crippen molar-refractivity contribution in [3.63, 3.8) is 0 Å². The molecule has 17 heavy (non-hydrogen) atoms. The summed E-state index contributed by atoms with van der Waals surface area (Å²) in [5.74, 6) is 0.906. The molecule has 1 aromatic heterocycles. The van der Waals surface area contributed by atoms with Crippen molar-refractivity contribution >= 4 is 17.0 Å². The molecule has 0 unspecified atom stereocenters. The van der Waals surface area contributed by atoms with Gasteiger partial charge in [-0.2, -0.15) is 0 Å². The van der Waals surface area contributed by atoms with E-state index in [-0.39, 0.29) is 0 Å². The molecule has 0 spiro atoms. The van der Waals surface area contributed by atoms with Crippen molar-refractivity contribution < 1.29 is 4.74 Å². The van der Waals surface area contributed by atoms with Crippen LogP contribution in [0.25, 0.3) is 0 Å². The van der Waals surface area contributed by atoms with Crippen molar-refractivity contribution in [3.05, 3.63) is 40.3 Å². The van der Waals surface area contributed by atoms with E-state index in [2.05, 4.69) is 15.7 Å². The van der Waals surface area contributed by atoms with Gasteiger partial charge in [-0.1, -0.05) is 0 Å². The molecule has 3 nitrogen and oxygen atoms in total. The van der Waals surface area contributed by atoms with Gasteiger partial charge >= 0.3 is 0 Å². The number of thiazole rings is 1. The Morgan fingerprint density at radius 2 is 2.06 bits per heavy atom. The molecule has 0 bridgehead atoms. The summed E-state index contributed by atoms with van der Waals surface area (Å²) in [7, 11) is 0. The van der Waals surface area contributed by atoms with Crippen LogP contribution in [0.1, 0.15) is 17.6 Å². The van der Waals surface area contributed by atoms with E-state index >= 15 is 0 Å². The highest BCUT2D eigenvalue weighted by Gasteiger charge is 1.99. The summed E-state index contributed by atoms with van der Waals surface area (Å²) in [5, 5.41) is 6.51. The van der Waals surface area contributed by atoms with Gasteiger partial charge in [-0.05, 0) is 38.1 Å². The second-order valence-electron chi connectivity index (χ2n) is 3.69. The van der Waals surface area contributed by atoms with Gasteiger partial charge in [0, 0.05) is 16.8 Å². The summed E-state index contributed by atoms with van der Waals surface area (Å²) < 4.78 is 5.39. The number of nitrogens with zero attached hydrogens (tertiary/aromatic N) is 1. The van der Waals surface area contributed by atoms with Crippen LogP contribution in [0, 0.1) is 6.92 Å². The Bertz CT molecular complexity index is 465. The first kappa shape index (κ1) is 11.9. The van der Waals surface area contributed by atoms with Gasteiger partial charge in [0.1, 0.15) is 10.8 Å². The molecule has 2 aromatic rings. The van der Waals surface area contributed by atoms with Crippen molar-refractivity contribution in [1.29, 1.82) is 0 Å². The number of hydrogen-bond acceptors (Lipinski definition) is 4. The lowest BCUT2D eigenvalue weighted by atomic mass is 10.3. The van der Waals surface area contributed by atoms with Crippen molar-refractivity contribution in [2.24, 2.45) is 0 Å². The maximum absolute atomic E-state index is 5.39. The van der Waals surface area contributed by atoms with Crippen LogP contribution in [-0.2, 0) is 6.54 Å². The van der Waals surface area contributed by atoms with Crippen molar-refractivity contribution in [2.75, 3.05) is 11.9 Å². The first-order valence-corrected chi connectivity index (χ1v) is 6.53. The third-order valence-electron chi connectivity index (χ3n) is 2.28. The number of benzene rings is 1. The fourth-order valence-corrected chi connectivity index (χ4v) is 2.21. The minimum Gasteiger partial charge on any atom is -0.494 e. The summed E-state index contributed by atoms with van der Waals surface area (Å²) in [6.45, 7) is 5.46.